The van der Waals surface area contributed by atoms with E-state index in [2.05, 4.69) is 10.6 Å². The fourth-order valence-corrected chi connectivity index (χ4v) is 2.40. The molecule has 6 nitrogen and oxygen atoms in total. The Labute approximate surface area is 112 Å². The Morgan fingerprint density at radius 2 is 2.21 bits per heavy atom. The molecule has 1 aliphatic carbocycles. The summed E-state index contributed by atoms with van der Waals surface area (Å²) in [5.74, 6) is 0.0835. The summed E-state index contributed by atoms with van der Waals surface area (Å²) in [4.78, 5) is 23.3. The number of rotatable bonds is 6. The van der Waals surface area contributed by atoms with E-state index in [4.69, 9.17) is 11.0 Å². The number of carbonyl (C=O) groups is 2. The van der Waals surface area contributed by atoms with Crippen LogP contribution in [-0.2, 0) is 9.59 Å². The van der Waals surface area contributed by atoms with Crippen LogP contribution in [0.5, 0.6) is 0 Å². The van der Waals surface area contributed by atoms with Gasteiger partial charge in [-0.2, -0.15) is 5.26 Å². The first-order valence-electron chi connectivity index (χ1n) is 6.83. The average Bonchev–Trinajstić information content (AvgIpc) is 3.11. The van der Waals surface area contributed by atoms with Crippen LogP contribution in [0.4, 0.5) is 0 Å². The molecule has 0 radical (unpaired) electrons. The maximum atomic E-state index is 11.8. The van der Waals surface area contributed by atoms with Gasteiger partial charge in [0.15, 0.2) is 0 Å². The van der Waals surface area contributed by atoms with Crippen molar-refractivity contribution in [2.24, 2.45) is 17.6 Å². The predicted octanol–water partition coefficient (Wildman–Crippen LogP) is -0.352. The van der Waals surface area contributed by atoms with Crippen LogP contribution < -0.4 is 16.4 Å². The fourth-order valence-electron chi connectivity index (χ4n) is 2.40. The predicted molar refractivity (Wildman–Crippen MR) is 68.6 cm³/mol. The zero-order valence-electron chi connectivity index (χ0n) is 10.9. The smallest absolute Gasteiger partial charge is 0.237 e. The Balaban J connectivity index is 1.79. The molecule has 3 atom stereocenters. The summed E-state index contributed by atoms with van der Waals surface area (Å²) in [5, 5.41) is 14.4. The molecule has 104 valence electrons. The third kappa shape index (κ3) is 3.93. The van der Waals surface area contributed by atoms with Gasteiger partial charge in [0.05, 0.1) is 12.1 Å². The van der Waals surface area contributed by atoms with Crippen molar-refractivity contribution in [3.05, 3.63) is 0 Å². The highest BCUT2D eigenvalue weighted by molar-refractivity contribution is 5.83. The van der Waals surface area contributed by atoms with Crippen molar-refractivity contribution in [3.8, 4) is 6.07 Å². The van der Waals surface area contributed by atoms with Crippen LogP contribution in [-0.4, -0.2) is 30.4 Å². The summed E-state index contributed by atoms with van der Waals surface area (Å²) in [6.07, 6.45) is 4.06. The van der Waals surface area contributed by atoms with E-state index in [0.717, 1.165) is 19.3 Å². The number of nitrogens with zero attached hydrogens (tertiary/aromatic N) is 1. The lowest BCUT2D eigenvalue weighted by molar-refractivity contribution is -0.125. The number of carbonyl (C=O) groups excluding carboxylic acids is 2. The molecule has 1 aliphatic heterocycles. The molecule has 1 heterocycles. The van der Waals surface area contributed by atoms with Crippen LogP contribution in [0.15, 0.2) is 0 Å². The lowest BCUT2D eigenvalue weighted by Crippen LogP contribution is -2.46. The largest absolute Gasteiger partial charge is 0.356 e. The second-order valence-electron chi connectivity index (χ2n) is 5.49. The van der Waals surface area contributed by atoms with E-state index >= 15 is 0 Å². The maximum absolute atomic E-state index is 11.8. The Hall–Kier alpha value is -1.61. The molecule has 6 heteroatoms. The quantitative estimate of drug-likeness (QED) is 0.609. The van der Waals surface area contributed by atoms with E-state index in [1.165, 1.54) is 0 Å². The highest BCUT2D eigenvalue weighted by Crippen LogP contribution is 2.33. The Morgan fingerprint density at radius 3 is 2.74 bits per heavy atom. The second kappa shape index (κ2) is 6.02. The highest BCUT2D eigenvalue weighted by atomic mass is 16.2. The van der Waals surface area contributed by atoms with Gasteiger partial charge < -0.3 is 16.4 Å². The van der Waals surface area contributed by atoms with Gasteiger partial charge in [0.2, 0.25) is 11.8 Å². The molecule has 0 bridgehead atoms. The van der Waals surface area contributed by atoms with Gasteiger partial charge in [-0.1, -0.05) is 12.8 Å². The van der Waals surface area contributed by atoms with Crippen molar-refractivity contribution in [1.82, 2.24) is 10.6 Å². The molecule has 2 aliphatic rings. The highest BCUT2D eigenvalue weighted by Gasteiger charge is 2.30. The second-order valence-corrected chi connectivity index (χ2v) is 5.49. The zero-order valence-corrected chi connectivity index (χ0v) is 10.9. The minimum Gasteiger partial charge on any atom is -0.356 e. The van der Waals surface area contributed by atoms with Crippen LogP contribution in [0, 0.1) is 23.2 Å². The zero-order chi connectivity index (χ0) is 13.8. The fraction of sp³-hybridized carbons (Fsp3) is 0.769. The standard InChI is InChI=1S/C13H20N4O2/c14-7-10(6-9-3-4-16-12(9)18)17-13(19)11(15)5-8-1-2-8/h8-11H,1-6,15H2,(H,16,18)(H,17,19)/t9-,10?,11?/m0/s1. The molecular formula is C13H20N4O2. The average molecular weight is 264 g/mol. The Bertz CT molecular complexity index is 400. The first kappa shape index (κ1) is 13.8. The number of nitrogens with one attached hydrogen (secondary N) is 2. The number of hydrogen-bond acceptors (Lipinski definition) is 4. The Kier molecular flexibility index (Phi) is 4.38. The summed E-state index contributed by atoms with van der Waals surface area (Å²) < 4.78 is 0. The molecule has 2 rings (SSSR count). The van der Waals surface area contributed by atoms with Crippen LogP contribution in [0.3, 0.4) is 0 Å². The number of nitriles is 1. The molecule has 1 saturated heterocycles. The van der Waals surface area contributed by atoms with Gasteiger partial charge in [0, 0.05) is 12.5 Å². The summed E-state index contributed by atoms with van der Waals surface area (Å²) in [6, 6.07) is 0.863. The molecule has 2 unspecified atom stereocenters. The molecule has 0 aromatic carbocycles. The molecule has 2 amide bonds. The SMILES string of the molecule is N#CC(C[C@@H]1CCNC1=O)NC(=O)C(N)CC1CC1. The van der Waals surface area contributed by atoms with Crippen molar-refractivity contribution in [1.29, 1.82) is 5.26 Å². The first-order chi connectivity index (χ1) is 9.10. The molecule has 0 aromatic rings. The van der Waals surface area contributed by atoms with Gasteiger partial charge in [-0.3, -0.25) is 9.59 Å². The van der Waals surface area contributed by atoms with E-state index in [1.807, 2.05) is 6.07 Å². The number of hydrogen-bond donors (Lipinski definition) is 3. The van der Waals surface area contributed by atoms with Crippen LogP contribution in [0.25, 0.3) is 0 Å². The van der Waals surface area contributed by atoms with Crippen LogP contribution in [0.1, 0.15) is 32.1 Å². The van der Waals surface area contributed by atoms with Crippen molar-refractivity contribution in [2.45, 2.75) is 44.2 Å². The summed E-state index contributed by atoms with van der Waals surface area (Å²) >= 11 is 0. The molecule has 2 fully saturated rings. The molecule has 0 aromatic heterocycles. The van der Waals surface area contributed by atoms with Crippen molar-refractivity contribution in [2.75, 3.05) is 6.54 Å². The summed E-state index contributed by atoms with van der Waals surface area (Å²) in [6.45, 7) is 0.650. The van der Waals surface area contributed by atoms with E-state index < -0.39 is 12.1 Å². The van der Waals surface area contributed by atoms with E-state index in [9.17, 15) is 9.59 Å². The summed E-state index contributed by atoms with van der Waals surface area (Å²) in [5.41, 5.74) is 5.80. The molecule has 1 saturated carbocycles. The summed E-state index contributed by atoms with van der Waals surface area (Å²) in [7, 11) is 0. The lowest BCUT2D eigenvalue weighted by atomic mass is 9.98. The first-order valence-corrected chi connectivity index (χ1v) is 6.83. The molecule has 4 N–H and O–H groups in total. The van der Waals surface area contributed by atoms with Crippen molar-refractivity contribution >= 4 is 11.8 Å². The molecule has 19 heavy (non-hydrogen) atoms. The van der Waals surface area contributed by atoms with E-state index in [-0.39, 0.29) is 17.7 Å². The van der Waals surface area contributed by atoms with Crippen molar-refractivity contribution < 1.29 is 9.59 Å². The Morgan fingerprint density at radius 1 is 1.47 bits per heavy atom. The van der Waals surface area contributed by atoms with E-state index in [0.29, 0.717) is 25.3 Å². The van der Waals surface area contributed by atoms with Gasteiger partial charge in [0.25, 0.3) is 0 Å². The monoisotopic (exact) mass is 264 g/mol. The van der Waals surface area contributed by atoms with Gasteiger partial charge in [-0.05, 0) is 25.2 Å². The van der Waals surface area contributed by atoms with Crippen LogP contribution in [0.2, 0.25) is 0 Å². The third-order valence-corrected chi connectivity index (χ3v) is 3.78. The van der Waals surface area contributed by atoms with Gasteiger partial charge >= 0.3 is 0 Å². The minimum absolute atomic E-state index is 0.0308. The van der Waals surface area contributed by atoms with Gasteiger partial charge in [0.1, 0.15) is 6.04 Å². The third-order valence-electron chi connectivity index (χ3n) is 3.78. The normalized spacial score (nSPS) is 25.3. The van der Waals surface area contributed by atoms with Crippen LogP contribution >= 0.6 is 0 Å². The number of nitrogens with two attached hydrogens (primary N) is 1. The van der Waals surface area contributed by atoms with Crippen molar-refractivity contribution in [3.63, 3.8) is 0 Å². The van der Waals surface area contributed by atoms with Gasteiger partial charge in [-0.25, -0.2) is 0 Å². The lowest BCUT2D eigenvalue weighted by Gasteiger charge is -2.17. The molecule has 0 spiro atoms. The van der Waals surface area contributed by atoms with Gasteiger partial charge in [-0.15, -0.1) is 0 Å². The number of amides is 2. The topological polar surface area (TPSA) is 108 Å². The maximum Gasteiger partial charge on any atom is 0.237 e. The minimum atomic E-state index is -0.633. The molecular weight excluding hydrogens is 244 g/mol. The van der Waals surface area contributed by atoms with E-state index in [1.54, 1.807) is 0 Å².